The number of carboxylic acid groups (broad SMARTS) is 1. The van der Waals surface area contributed by atoms with Gasteiger partial charge < -0.3 is 25.0 Å². The number of fused-ring (bicyclic) bond motifs is 3. The van der Waals surface area contributed by atoms with Gasteiger partial charge in [-0.25, -0.2) is 19.6 Å². The molecule has 42 heavy (non-hydrogen) atoms. The van der Waals surface area contributed by atoms with Crippen molar-refractivity contribution >= 4 is 39.7 Å². The number of alkyl halides is 3. The van der Waals surface area contributed by atoms with Crippen LogP contribution in [-0.2, 0) is 16.0 Å². The number of nitrogens with zero attached hydrogens (tertiary/aromatic N) is 3. The summed E-state index contributed by atoms with van der Waals surface area (Å²) in [5, 5.41) is 12.7. The highest BCUT2D eigenvalue weighted by molar-refractivity contribution is 6.12. The van der Waals surface area contributed by atoms with Gasteiger partial charge in [0.25, 0.3) is 0 Å². The van der Waals surface area contributed by atoms with Crippen molar-refractivity contribution < 1.29 is 32.6 Å². The van der Waals surface area contributed by atoms with E-state index in [-0.39, 0.29) is 5.97 Å². The van der Waals surface area contributed by atoms with Crippen LogP contribution in [0, 0.1) is 6.92 Å². The lowest BCUT2D eigenvalue weighted by Gasteiger charge is -2.26. The molecule has 3 N–H and O–H groups in total. The van der Waals surface area contributed by atoms with E-state index in [1.54, 1.807) is 6.07 Å². The minimum absolute atomic E-state index is 0.354. The number of aromatic amines is 1. The van der Waals surface area contributed by atoms with Crippen molar-refractivity contribution in [3.63, 3.8) is 0 Å². The molecule has 1 saturated heterocycles. The van der Waals surface area contributed by atoms with Gasteiger partial charge in [-0.05, 0) is 69.1 Å². The zero-order valence-corrected chi connectivity index (χ0v) is 23.6. The maximum atomic E-state index is 12.1. The number of H-pyrrole nitrogens is 1. The second-order valence-corrected chi connectivity index (χ2v) is 10.2. The first-order valence-corrected chi connectivity index (χ1v) is 13.8. The summed E-state index contributed by atoms with van der Waals surface area (Å²) >= 11 is 0. The number of aromatic nitrogens is 3. The molecule has 0 amide bonds. The normalized spacial score (nSPS) is 13.9. The van der Waals surface area contributed by atoms with Crippen LogP contribution in [-0.4, -0.2) is 76.4 Å². The highest BCUT2D eigenvalue weighted by atomic mass is 19.4. The second-order valence-electron chi connectivity index (χ2n) is 10.2. The molecule has 1 aliphatic rings. The predicted octanol–water partition coefficient (Wildman–Crippen LogP) is 5.72. The van der Waals surface area contributed by atoms with E-state index in [0.29, 0.717) is 12.0 Å². The van der Waals surface area contributed by atoms with Crippen LogP contribution in [0.2, 0.25) is 0 Å². The number of carboxylic acids is 1. The molecule has 0 atom stereocenters. The van der Waals surface area contributed by atoms with Crippen LogP contribution in [0.4, 0.5) is 19.0 Å². The number of aryl methyl sites for hydroxylation is 1. The van der Waals surface area contributed by atoms with Gasteiger partial charge in [0.1, 0.15) is 17.3 Å². The van der Waals surface area contributed by atoms with Gasteiger partial charge in [0.15, 0.2) is 0 Å². The molecule has 12 heteroatoms. The van der Waals surface area contributed by atoms with Gasteiger partial charge in [0.05, 0.1) is 18.1 Å². The van der Waals surface area contributed by atoms with Crippen molar-refractivity contribution in [3.8, 4) is 0 Å². The molecule has 1 fully saturated rings. The van der Waals surface area contributed by atoms with E-state index in [2.05, 4.69) is 46.4 Å². The molecule has 1 aliphatic heterocycles. The Labute approximate surface area is 241 Å². The largest absolute Gasteiger partial charge is 0.490 e. The molecule has 2 aromatic carbocycles. The Morgan fingerprint density at radius 2 is 1.81 bits per heavy atom. The smallest absolute Gasteiger partial charge is 0.475 e. The summed E-state index contributed by atoms with van der Waals surface area (Å²) < 4.78 is 36.6. The third-order valence-corrected chi connectivity index (χ3v) is 7.16. The van der Waals surface area contributed by atoms with Crippen LogP contribution in [0.5, 0.6) is 0 Å². The fraction of sp³-hybridized carbons (Fsp3) is 0.400. The van der Waals surface area contributed by atoms with Crippen LogP contribution in [0.25, 0.3) is 21.9 Å². The first-order chi connectivity index (χ1) is 20.1. The maximum Gasteiger partial charge on any atom is 0.490 e. The summed E-state index contributed by atoms with van der Waals surface area (Å²) in [4.78, 5) is 36.8. The van der Waals surface area contributed by atoms with E-state index < -0.39 is 12.1 Å². The Morgan fingerprint density at radius 1 is 1.10 bits per heavy atom. The van der Waals surface area contributed by atoms with Crippen molar-refractivity contribution in [1.29, 1.82) is 0 Å². The van der Waals surface area contributed by atoms with Crippen molar-refractivity contribution in [2.45, 2.75) is 45.2 Å². The first kappa shape index (κ1) is 30.8. The number of methoxy groups -OCH3 is 1. The number of benzene rings is 2. The number of ether oxygens (including phenoxy) is 1. The molecule has 0 spiro atoms. The fourth-order valence-electron chi connectivity index (χ4n) is 4.97. The third-order valence-electron chi connectivity index (χ3n) is 7.16. The summed E-state index contributed by atoms with van der Waals surface area (Å²) in [6, 6.07) is 13.9. The fourth-order valence-corrected chi connectivity index (χ4v) is 4.97. The molecule has 3 heterocycles. The Hall–Kier alpha value is -4.19. The predicted molar refractivity (Wildman–Crippen MR) is 154 cm³/mol. The molecule has 0 saturated carbocycles. The number of likely N-dealkylation sites (tertiary alicyclic amines) is 1. The summed E-state index contributed by atoms with van der Waals surface area (Å²) in [5.74, 6) is -1.50. The Morgan fingerprint density at radius 3 is 2.48 bits per heavy atom. The van der Waals surface area contributed by atoms with E-state index in [1.807, 2.05) is 12.1 Å². The molecule has 9 nitrogen and oxygen atoms in total. The number of anilines is 1. The number of esters is 1. The molecule has 4 aromatic rings. The summed E-state index contributed by atoms with van der Waals surface area (Å²) in [6.45, 7) is 6.49. The number of aliphatic carboxylic acids is 1. The number of rotatable bonds is 8. The Bertz CT molecular complexity index is 1550. The lowest BCUT2D eigenvalue weighted by molar-refractivity contribution is -0.192. The minimum Gasteiger partial charge on any atom is -0.475 e. The highest BCUT2D eigenvalue weighted by Crippen LogP contribution is 2.31. The van der Waals surface area contributed by atoms with Gasteiger partial charge in [-0.15, -0.1) is 0 Å². The highest BCUT2D eigenvalue weighted by Gasteiger charge is 2.38. The van der Waals surface area contributed by atoms with Crippen molar-refractivity contribution in [3.05, 3.63) is 65.0 Å². The Kier molecular flexibility index (Phi) is 10.00. The van der Waals surface area contributed by atoms with Gasteiger partial charge in [-0.1, -0.05) is 36.8 Å². The first-order valence-electron chi connectivity index (χ1n) is 13.8. The van der Waals surface area contributed by atoms with Gasteiger partial charge in [0, 0.05) is 23.9 Å². The van der Waals surface area contributed by atoms with Gasteiger partial charge in [-0.3, -0.25) is 0 Å². The quantitative estimate of drug-likeness (QED) is 0.178. The average Bonchev–Trinajstić information content (AvgIpc) is 3.34. The van der Waals surface area contributed by atoms with Crippen LogP contribution in [0.15, 0.2) is 42.5 Å². The number of piperidine rings is 1. The van der Waals surface area contributed by atoms with Crippen molar-refractivity contribution in [1.82, 2.24) is 19.9 Å². The number of hydrogen-bond donors (Lipinski definition) is 3. The van der Waals surface area contributed by atoms with E-state index in [9.17, 15) is 18.0 Å². The zero-order chi connectivity index (χ0) is 30.3. The van der Waals surface area contributed by atoms with Gasteiger partial charge >= 0.3 is 18.1 Å². The van der Waals surface area contributed by atoms with Crippen molar-refractivity contribution in [2.75, 3.05) is 38.6 Å². The van der Waals surface area contributed by atoms with Crippen LogP contribution < -0.4 is 5.32 Å². The minimum atomic E-state index is -5.08. The second kappa shape index (κ2) is 13.6. The average molecular weight is 586 g/mol. The molecular weight excluding hydrogens is 551 g/mol. The maximum absolute atomic E-state index is 12.1. The van der Waals surface area contributed by atoms with Gasteiger partial charge in [0.2, 0.25) is 0 Å². The number of hydrogen-bond acceptors (Lipinski definition) is 7. The number of halogens is 3. The molecule has 5 rings (SSSR count). The molecular formula is C30H34F3N5O4. The molecule has 0 radical (unpaired) electrons. The molecule has 0 bridgehead atoms. The third kappa shape index (κ3) is 7.75. The number of carbonyl (C=O) groups excluding carboxylic acids is 1. The monoisotopic (exact) mass is 585 g/mol. The molecule has 224 valence electrons. The number of carbonyl (C=O) groups is 2. The standard InChI is InChI=1S/C28H33N5O2.C2HF3O2/c1-19-9-4-5-10-20(19)18-24-31-26(29-13-8-16-33-14-6-3-7-15-33)25-22-12-11-21(28(34)35-2)17-23(22)30-27(25)32-24;3-2(4,5)1(6)7/h4-5,9-12,17H,3,6-8,13-16,18H2,1-2H3,(H2,29,30,31,32);(H,6,7). The van der Waals surface area contributed by atoms with E-state index in [0.717, 1.165) is 53.1 Å². The summed E-state index contributed by atoms with van der Waals surface area (Å²) in [6.07, 6.45) is 0.618. The zero-order valence-electron chi connectivity index (χ0n) is 23.6. The van der Waals surface area contributed by atoms with Crippen LogP contribution >= 0.6 is 0 Å². The van der Waals surface area contributed by atoms with Crippen LogP contribution in [0.1, 0.15) is 53.0 Å². The van der Waals surface area contributed by atoms with E-state index in [4.69, 9.17) is 24.6 Å². The molecule has 0 aliphatic carbocycles. The SMILES string of the molecule is COC(=O)c1ccc2c(c1)[nH]c1nc(Cc3ccccc3C)nc(NCCCN3CCCCC3)c12.O=C(O)C(F)(F)F. The van der Waals surface area contributed by atoms with E-state index >= 15 is 0 Å². The Balaban J connectivity index is 0.000000517. The lowest BCUT2D eigenvalue weighted by atomic mass is 10.1. The molecule has 0 unspecified atom stereocenters. The van der Waals surface area contributed by atoms with Crippen LogP contribution in [0.3, 0.4) is 0 Å². The lowest BCUT2D eigenvalue weighted by Crippen LogP contribution is -2.31. The summed E-state index contributed by atoms with van der Waals surface area (Å²) in [7, 11) is 1.40. The topological polar surface area (TPSA) is 120 Å². The summed E-state index contributed by atoms with van der Waals surface area (Å²) in [5.41, 5.74) is 4.58. The van der Waals surface area contributed by atoms with Crippen molar-refractivity contribution in [2.24, 2.45) is 0 Å². The van der Waals surface area contributed by atoms with Gasteiger partial charge in [-0.2, -0.15) is 13.2 Å². The molecule has 2 aromatic heterocycles. The number of nitrogens with one attached hydrogen (secondary N) is 2. The van der Waals surface area contributed by atoms with E-state index in [1.165, 1.54) is 50.6 Å².